The highest BCUT2D eigenvalue weighted by Gasteiger charge is 2.15. The highest BCUT2D eigenvalue weighted by atomic mass is 35.5. The molecule has 0 spiro atoms. The van der Waals surface area contributed by atoms with Gasteiger partial charge in [-0.05, 0) is 77.0 Å². The van der Waals surface area contributed by atoms with E-state index in [-0.39, 0.29) is 22.4 Å². The van der Waals surface area contributed by atoms with Crippen LogP contribution < -0.4 is 16.0 Å². The number of hydrogen-bond acceptors (Lipinski definition) is 5. The number of hydrogen-bond donors (Lipinski definition) is 3. The van der Waals surface area contributed by atoms with Gasteiger partial charge in [0, 0.05) is 21.8 Å². The molecular weight excluding hydrogens is 545 g/mol. The summed E-state index contributed by atoms with van der Waals surface area (Å²) in [6.45, 7) is 0. The molecule has 6 nitrogen and oxygen atoms in total. The van der Waals surface area contributed by atoms with Crippen molar-refractivity contribution in [2.45, 2.75) is 4.90 Å². The van der Waals surface area contributed by atoms with Crippen LogP contribution in [-0.4, -0.2) is 23.5 Å². The summed E-state index contributed by atoms with van der Waals surface area (Å²) < 4.78 is 13.3. The molecule has 0 aliphatic carbocycles. The summed E-state index contributed by atoms with van der Waals surface area (Å²) in [6, 6.07) is 21.4. The number of nitrogens with one attached hydrogen (secondary N) is 3. The molecule has 3 aromatic carbocycles. The number of anilines is 2. The van der Waals surface area contributed by atoms with Gasteiger partial charge in [0.2, 0.25) is 5.91 Å². The van der Waals surface area contributed by atoms with Crippen molar-refractivity contribution in [3.05, 3.63) is 117 Å². The largest absolute Gasteiger partial charge is 0.325 e. The van der Waals surface area contributed by atoms with E-state index >= 15 is 0 Å². The number of halogens is 2. The van der Waals surface area contributed by atoms with Gasteiger partial charge in [0.05, 0.1) is 10.8 Å². The lowest BCUT2D eigenvalue weighted by molar-refractivity contribution is -0.114. The van der Waals surface area contributed by atoms with E-state index < -0.39 is 17.6 Å². The number of carbonyl (C=O) groups excluding carboxylic acids is 3. The minimum atomic E-state index is -0.564. The molecule has 4 rings (SSSR count). The fourth-order valence-electron chi connectivity index (χ4n) is 3.25. The topological polar surface area (TPSA) is 87.3 Å². The molecule has 3 amide bonds. The second-order valence-corrected chi connectivity index (χ2v) is 10.1. The molecule has 0 aliphatic rings. The summed E-state index contributed by atoms with van der Waals surface area (Å²) in [5, 5.41) is 11.8. The molecule has 0 aliphatic heterocycles. The van der Waals surface area contributed by atoms with Crippen LogP contribution in [-0.2, 0) is 9.59 Å². The van der Waals surface area contributed by atoms with Crippen LogP contribution in [0.4, 0.5) is 15.8 Å². The predicted molar refractivity (Wildman–Crippen MR) is 152 cm³/mol. The fraction of sp³-hybridized carbons (Fsp3) is 0.0357. The molecule has 0 unspecified atom stereocenters. The first-order chi connectivity index (χ1) is 18.4. The van der Waals surface area contributed by atoms with Gasteiger partial charge in [0.1, 0.15) is 11.5 Å². The standard InChI is InChI=1S/C28H21ClFN3O3S2/c29-23-15-21(9-10-24(23)30)31-26(34)17-38-22-8-4-7-20(14-22)32-28(36)25(13-18-11-12-37-16-18)33-27(35)19-5-2-1-3-6-19/h1-16H,17H2,(H,31,34)(H,32,36)(H,33,35)/b25-13-. The number of benzene rings is 3. The van der Waals surface area contributed by atoms with Crippen molar-refractivity contribution in [1.29, 1.82) is 0 Å². The number of amides is 3. The van der Waals surface area contributed by atoms with E-state index in [0.29, 0.717) is 16.9 Å². The molecule has 0 saturated carbocycles. The maximum absolute atomic E-state index is 13.3. The van der Waals surface area contributed by atoms with Crippen LogP contribution in [0.5, 0.6) is 0 Å². The number of thioether (sulfide) groups is 1. The Hall–Kier alpha value is -3.92. The maximum Gasteiger partial charge on any atom is 0.272 e. The van der Waals surface area contributed by atoms with Gasteiger partial charge in [0.15, 0.2) is 0 Å². The predicted octanol–water partition coefficient (Wildman–Crippen LogP) is 6.68. The average Bonchev–Trinajstić information content (AvgIpc) is 3.43. The Labute approximate surface area is 231 Å². The molecule has 192 valence electrons. The molecule has 0 fully saturated rings. The molecule has 10 heteroatoms. The van der Waals surface area contributed by atoms with Gasteiger partial charge in [-0.2, -0.15) is 11.3 Å². The lowest BCUT2D eigenvalue weighted by Gasteiger charge is -2.12. The van der Waals surface area contributed by atoms with Crippen LogP contribution >= 0.6 is 34.7 Å². The van der Waals surface area contributed by atoms with Crippen molar-refractivity contribution >= 4 is 69.9 Å². The van der Waals surface area contributed by atoms with Gasteiger partial charge in [-0.15, -0.1) is 11.8 Å². The quantitative estimate of drug-likeness (QED) is 0.156. The van der Waals surface area contributed by atoms with Crippen LogP contribution in [0.15, 0.2) is 100 Å². The van der Waals surface area contributed by atoms with Crippen LogP contribution in [0.1, 0.15) is 15.9 Å². The summed E-state index contributed by atoms with van der Waals surface area (Å²) in [7, 11) is 0. The van der Waals surface area contributed by atoms with Crippen molar-refractivity contribution in [3.63, 3.8) is 0 Å². The van der Waals surface area contributed by atoms with Crippen molar-refractivity contribution in [3.8, 4) is 0 Å². The molecule has 1 aromatic heterocycles. The molecule has 0 bridgehead atoms. The molecule has 0 atom stereocenters. The van der Waals surface area contributed by atoms with E-state index in [1.54, 1.807) is 54.6 Å². The zero-order valence-electron chi connectivity index (χ0n) is 19.7. The van der Waals surface area contributed by atoms with Crippen LogP contribution in [0, 0.1) is 5.82 Å². The SMILES string of the molecule is O=C(CSc1cccc(NC(=O)/C(=C/c2ccsc2)NC(=O)c2ccccc2)c1)Nc1ccc(F)c(Cl)c1. The first-order valence-corrected chi connectivity index (χ1v) is 13.6. The molecule has 4 aromatic rings. The Bertz CT molecular complexity index is 1480. The van der Waals surface area contributed by atoms with E-state index in [9.17, 15) is 18.8 Å². The van der Waals surface area contributed by atoms with Crippen molar-refractivity contribution in [2.24, 2.45) is 0 Å². The first-order valence-electron chi connectivity index (χ1n) is 11.3. The Morgan fingerprint density at radius 3 is 2.45 bits per heavy atom. The van der Waals surface area contributed by atoms with Crippen LogP contribution in [0.2, 0.25) is 5.02 Å². The highest BCUT2D eigenvalue weighted by Crippen LogP contribution is 2.24. The second kappa shape index (κ2) is 13.0. The summed E-state index contributed by atoms with van der Waals surface area (Å²) in [4.78, 5) is 38.9. The third kappa shape index (κ3) is 7.79. The van der Waals surface area contributed by atoms with E-state index in [1.807, 2.05) is 22.9 Å². The monoisotopic (exact) mass is 565 g/mol. The lowest BCUT2D eigenvalue weighted by atomic mass is 10.2. The molecule has 0 saturated heterocycles. The summed E-state index contributed by atoms with van der Waals surface area (Å²) in [5.74, 6) is -1.67. The molecule has 38 heavy (non-hydrogen) atoms. The number of rotatable bonds is 9. The zero-order valence-corrected chi connectivity index (χ0v) is 22.1. The maximum atomic E-state index is 13.3. The third-order valence-electron chi connectivity index (χ3n) is 5.05. The van der Waals surface area contributed by atoms with E-state index in [0.717, 1.165) is 10.5 Å². The van der Waals surface area contributed by atoms with E-state index in [2.05, 4.69) is 16.0 Å². The number of carbonyl (C=O) groups is 3. The minimum Gasteiger partial charge on any atom is -0.325 e. The smallest absolute Gasteiger partial charge is 0.272 e. The Kier molecular flexibility index (Phi) is 9.31. The average molecular weight is 566 g/mol. The summed E-state index contributed by atoms with van der Waals surface area (Å²) in [5.41, 5.74) is 2.19. The van der Waals surface area contributed by atoms with E-state index in [1.165, 1.54) is 41.3 Å². The lowest BCUT2D eigenvalue weighted by Crippen LogP contribution is -2.30. The van der Waals surface area contributed by atoms with Crippen molar-refractivity contribution in [1.82, 2.24) is 5.32 Å². The van der Waals surface area contributed by atoms with Crippen LogP contribution in [0.25, 0.3) is 6.08 Å². The first kappa shape index (κ1) is 27.1. The normalized spacial score (nSPS) is 11.1. The van der Waals surface area contributed by atoms with Gasteiger partial charge >= 0.3 is 0 Å². The minimum absolute atomic E-state index is 0.0775. The summed E-state index contributed by atoms with van der Waals surface area (Å²) in [6.07, 6.45) is 1.61. The van der Waals surface area contributed by atoms with E-state index in [4.69, 9.17) is 11.6 Å². The van der Waals surface area contributed by atoms with Gasteiger partial charge in [0.25, 0.3) is 11.8 Å². The summed E-state index contributed by atoms with van der Waals surface area (Å²) >= 11 is 8.50. The van der Waals surface area contributed by atoms with Crippen molar-refractivity contribution in [2.75, 3.05) is 16.4 Å². The molecule has 1 heterocycles. The molecule has 3 N–H and O–H groups in total. The third-order valence-corrected chi connectivity index (χ3v) is 7.03. The van der Waals surface area contributed by atoms with Gasteiger partial charge in [-0.25, -0.2) is 4.39 Å². The molecular formula is C28H21ClFN3O3S2. The highest BCUT2D eigenvalue weighted by molar-refractivity contribution is 8.00. The molecule has 0 radical (unpaired) electrons. The zero-order chi connectivity index (χ0) is 26.9. The number of thiophene rings is 1. The fourth-order valence-corrected chi connectivity index (χ4v) is 4.80. The second-order valence-electron chi connectivity index (χ2n) is 7.88. The Morgan fingerprint density at radius 2 is 1.71 bits per heavy atom. The van der Waals surface area contributed by atoms with Crippen LogP contribution in [0.3, 0.4) is 0 Å². The van der Waals surface area contributed by atoms with Gasteiger partial charge in [-0.3, -0.25) is 14.4 Å². The van der Waals surface area contributed by atoms with Gasteiger partial charge < -0.3 is 16.0 Å². The Morgan fingerprint density at radius 1 is 0.921 bits per heavy atom. The van der Waals surface area contributed by atoms with Crippen molar-refractivity contribution < 1.29 is 18.8 Å². The van der Waals surface area contributed by atoms with Gasteiger partial charge in [-0.1, -0.05) is 35.9 Å². The Balaban J connectivity index is 1.40.